The molecule has 6 rings (SSSR count). The van der Waals surface area contributed by atoms with Crippen LogP contribution in [-0.4, -0.2) is 36.7 Å². The Bertz CT molecular complexity index is 1350. The van der Waals surface area contributed by atoms with Crippen molar-refractivity contribution in [2.45, 2.75) is 12.5 Å². The molecule has 0 spiro atoms. The molecule has 6 nitrogen and oxygen atoms in total. The lowest BCUT2D eigenvalue weighted by Gasteiger charge is -2.35. The van der Waals surface area contributed by atoms with Crippen LogP contribution in [0.4, 0.5) is 0 Å². The van der Waals surface area contributed by atoms with Crippen molar-refractivity contribution in [3.63, 3.8) is 0 Å². The molecule has 0 bridgehead atoms. The molecular formula is C24H19N5O. The number of carbonyl (C=O) groups excluding carboxylic acids is 1. The fourth-order valence-electron chi connectivity index (χ4n) is 4.49. The minimum Gasteiger partial charge on any atom is -0.356 e. The van der Waals surface area contributed by atoms with Gasteiger partial charge in [-0.3, -0.25) is 9.78 Å². The van der Waals surface area contributed by atoms with Crippen molar-refractivity contribution in [3.8, 4) is 0 Å². The second-order valence-electron chi connectivity index (χ2n) is 7.56. The average Bonchev–Trinajstić information content (AvgIpc) is 3.40. The van der Waals surface area contributed by atoms with E-state index in [0.717, 1.165) is 29.0 Å². The second kappa shape index (κ2) is 6.56. The van der Waals surface area contributed by atoms with Gasteiger partial charge in [0.05, 0.1) is 5.69 Å². The van der Waals surface area contributed by atoms with E-state index in [-0.39, 0.29) is 11.9 Å². The number of aromatic amines is 1. The summed E-state index contributed by atoms with van der Waals surface area (Å²) in [6.45, 7) is 0.614. The molecule has 0 radical (unpaired) electrons. The molecule has 1 atom stereocenters. The highest BCUT2D eigenvalue weighted by atomic mass is 16.2. The quantitative estimate of drug-likeness (QED) is 0.493. The zero-order valence-corrected chi connectivity index (χ0v) is 16.2. The van der Waals surface area contributed by atoms with Crippen LogP contribution in [0.3, 0.4) is 0 Å². The van der Waals surface area contributed by atoms with Crippen molar-refractivity contribution in [3.05, 3.63) is 102 Å². The number of pyridine rings is 2. The first-order valence-electron chi connectivity index (χ1n) is 10.0. The molecule has 0 saturated carbocycles. The van der Waals surface area contributed by atoms with Gasteiger partial charge < -0.3 is 14.3 Å². The molecule has 146 valence electrons. The van der Waals surface area contributed by atoms with Crippen molar-refractivity contribution in [2.75, 3.05) is 6.54 Å². The largest absolute Gasteiger partial charge is 0.356 e. The first-order valence-corrected chi connectivity index (χ1v) is 10.0. The summed E-state index contributed by atoms with van der Waals surface area (Å²) in [7, 11) is 0. The number of para-hydroxylation sites is 1. The summed E-state index contributed by atoms with van der Waals surface area (Å²) in [5.74, 6) is -0.0846. The number of nitrogens with zero attached hydrogens (tertiary/aromatic N) is 4. The summed E-state index contributed by atoms with van der Waals surface area (Å²) in [6.07, 6.45) is 6.27. The van der Waals surface area contributed by atoms with Gasteiger partial charge in [-0.1, -0.05) is 30.3 Å². The fourth-order valence-corrected chi connectivity index (χ4v) is 4.49. The highest BCUT2D eigenvalue weighted by molar-refractivity contribution is 5.94. The van der Waals surface area contributed by atoms with Gasteiger partial charge in [-0.15, -0.1) is 0 Å². The molecule has 1 amide bonds. The van der Waals surface area contributed by atoms with Crippen LogP contribution in [0, 0.1) is 0 Å². The summed E-state index contributed by atoms with van der Waals surface area (Å²) in [5.41, 5.74) is 5.45. The van der Waals surface area contributed by atoms with Crippen LogP contribution in [0.15, 0.2) is 79.3 Å². The number of hydrogen-bond acceptors (Lipinski definition) is 3. The van der Waals surface area contributed by atoms with E-state index in [1.807, 2.05) is 58.0 Å². The molecule has 30 heavy (non-hydrogen) atoms. The van der Waals surface area contributed by atoms with Crippen molar-refractivity contribution in [2.24, 2.45) is 0 Å². The van der Waals surface area contributed by atoms with Crippen LogP contribution < -0.4 is 0 Å². The van der Waals surface area contributed by atoms with Gasteiger partial charge in [0, 0.05) is 41.7 Å². The molecule has 1 aromatic carbocycles. The van der Waals surface area contributed by atoms with Crippen molar-refractivity contribution in [1.29, 1.82) is 0 Å². The number of amides is 1. The molecule has 5 aromatic rings. The average molecular weight is 393 g/mol. The van der Waals surface area contributed by atoms with Gasteiger partial charge in [0.2, 0.25) is 0 Å². The van der Waals surface area contributed by atoms with E-state index in [9.17, 15) is 4.79 Å². The lowest BCUT2D eigenvalue weighted by atomic mass is 9.94. The SMILES string of the molecule is O=C(c1cn2ccccc2n1)N1CCc2c([nH]c3ccccc23)[C@@H]1c1ccccn1. The Kier molecular flexibility index (Phi) is 3.71. The molecule has 4 aromatic heterocycles. The van der Waals surface area contributed by atoms with Crippen LogP contribution in [0.2, 0.25) is 0 Å². The third-order valence-corrected chi connectivity index (χ3v) is 5.85. The van der Waals surface area contributed by atoms with Crippen LogP contribution >= 0.6 is 0 Å². The van der Waals surface area contributed by atoms with Gasteiger partial charge >= 0.3 is 0 Å². The Morgan fingerprint density at radius 2 is 1.90 bits per heavy atom. The second-order valence-corrected chi connectivity index (χ2v) is 7.56. The maximum Gasteiger partial charge on any atom is 0.274 e. The molecule has 5 heterocycles. The molecule has 0 unspecified atom stereocenters. The van der Waals surface area contributed by atoms with E-state index in [0.29, 0.717) is 12.2 Å². The number of imidazole rings is 1. The summed E-state index contributed by atoms with van der Waals surface area (Å²) < 4.78 is 1.88. The molecule has 6 heteroatoms. The van der Waals surface area contributed by atoms with Gasteiger partial charge in [0.15, 0.2) is 0 Å². The molecule has 0 aliphatic carbocycles. The molecular weight excluding hydrogens is 374 g/mol. The van der Waals surface area contributed by atoms with Crippen molar-refractivity contribution < 1.29 is 4.79 Å². The zero-order chi connectivity index (χ0) is 20.1. The minimum atomic E-state index is -0.278. The molecule has 0 fully saturated rings. The van der Waals surface area contributed by atoms with Crippen molar-refractivity contribution >= 4 is 22.5 Å². The summed E-state index contributed by atoms with van der Waals surface area (Å²) in [6, 6.07) is 19.6. The van der Waals surface area contributed by atoms with E-state index in [2.05, 4.69) is 33.2 Å². The Labute approximate surface area is 172 Å². The third-order valence-electron chi connectivity index (χ3n) is 5.85. The highest BCUT2D eigenvalue weighted by Gasteiger charge is 2.36. The first kappa shape index (κ1) is 17.0. The summed E-state index contributed by atoms with van der Waals surface area (Å²) in [5, 5.41) is 1.22. The van der Waals surface area contributed by atoms with Crippen LogP contribution in [0.5, 0.6) is 0 Å². The minimum absolute atomic E-state index is 0.0846. The number of aromatic nitrogens is 4. The monoisotopic (exact) mass is 393 g/mol. The van der Waals surface area contributed by atoms with Crippen molar-refractivity contribution in [1.82, 2.24) is 24.3 Å². The standard InChI is InChI=1S/C24H19N5O/c30-24(20-15-28-13-6-4-10-21(28)26-20)29-14-11-17-16-7-1-2-8-18(16)27-22(17)23(29)19-9-3-5-12-25-19/h1-10,12-13,15,23,27H,11,14H2/t23-/m0/s1. The number of nitrogens with one attached hydrogen (secondary N) is 1. The Morgan fingerprint density at radius 1 is 1.03 bits per heavy atom. The number of carbonyl (C=O) groups is 1. The van der Waals surface area contributed by atoms with Gasteiger partial charge in [0.25, 0.3) is 5.91 Å². The van der Waals surface area contributed by atoms with Crippen LogP contribution in [0.25, 0.3) is 16.6 Å². The lowest BCUT2D eigenvalue weighted by Crippen LogP contribution is -2.41. The molecule has 1 N–H and O–H groups in total. The van der Waals surface area contributed by atoms with Gasteiger partial charge in [-0.05, 0) is 42.3 Å². The van der Waals surface area contributed by atoms with E-state index in [1.165, 1.54) is 10.9 Å². The first-order chi connectivity index (χ1) is 14.8. The van der Waals surface area contributed by atoms with E-state index < -0.39 is 0 Å². The highest BCUT2D eigenvalue weighted by Crippen LogP contribution is 2.38. The van der Waals surface area contributed by atoms with Gasteiger partial charge in [-0.25, -0.2) is 4.98 Å². The van der Waals surface area contributed by atoms with Crippen LogP contribution in [0.1, 0.15) is 33.5 Å². The topological polar surface area (TPSA) is 66.3 Å². The maximum atomic E-state index is 13.6. The predicted octanol–water partition coefficient (Wildman–Crippen LogP) is 4.00. The Morgan fingerprint density at radius 3 is 2.77 bits per heavy atom. The smallest absolute Gasteiger partial charge is 0.274 e. The number of fused-ring (bicyclic) bond motifs is 4. The number of H-pyrrole nitrogens is 1. The molecule has 1 aliphatic rings. The van der Waals surface area contributed by atoms with E-state index in [4.69, 9.17) is 0 Å². The summed E-state index contributed by atoms with van der Waals surface area (Å²) in [4.78, 5) is 28.2. The number of rotatable bonds is 2. The van der Waals surface area contributed by atoms with E-state index in [1.54, 1.807) is 12.4 Å². The molecule has 0 saturated heterocycles. The van der Waals surface area contributed by atoms with Crippen LogP contribution in [-0.2, 0) is 6.42 Å². The fraction of sp³-hybridized carbons (Fsp3) is 0.125. The Balaban J connectivity index is 1.50. The molecule has 1 aliphatic heterocycles. The van der Waals surface area contributed by atoms with Gasteiger partial charge in [0.1, 0.15) is 17.4 Å². The zero-order valence-electron chi connectivity index (χ0n) is 16.2. The normalized spacial score (nSPS) is 16.1. The Hall–Kier alpha value is -3.93. The predicted molar refractivity (Wildman–Crippen MR) is 114 cm³/mol. The third kappa shape index (κ3) is 2.54. The van der Waals surface area contributed by atoms with Gasteiger partial charge in [-0.2, -0.15) is 0 Å². The number of benzene rings is 1. The summed E-state index contributed by atoms with van der Waals surface area (Å²) >= 11 is 0. The maximum absolute atomic E-state index is 13.6. The van der Waals surface area contributed by atoms with E-state index >= 15 is 0 Å². The lowest BCUT2D eigenvalue weighted by molar-refractivity contribution is 0.0683. The number of hydrogen-bond donors (Lipinski definition) is 1.